The highest BCUT2D eigenvalue weighted by molar-refractivity contribution is 6.31. The van der Waals surface area contributed by atoms with E-state index in [-0.39, 0.29) is 30.8 Å². The van der Waals surface area contributed by atoms with Crippen LogP contribution in [-0.4, -0.2) is 35.4 Å². The van der Waals surface area contributed by atoms with Crippen molar-refractivity contribution in [3.63, 3.8) is 0 Å². The number of ether oxygens (including phenoxy) is 1. The summed E-state index contributed by atoms with van der Waals surface area (Å²) < 4.78 is 5.76. The summed E-state index contributed by atoms with van der Waals surface area (Å²) in [5.41, 5.74) is 1.79. The van der Waals surface area contributed by atoms with E-state index in [9.17, 15) is 9.59 Å². The van der Waals surface area contributed by atoms with Gasteiger partial charge >= 0.3 is 0 Å². The molecule has 3 rings (SSSR count). The van der Waals surface area contributed by atoms with Crippen LogP contribution in [0.3, 0.4) is 0 Å². The van der Waals surface area contributed by atoms with Gasteiger partial charge in [0, 0.05) is 30.5 Å². The molecule has 1 atom stereocenters. The van der Waals surface area contributed by atoms with Crippen molar-refractivity contribution in [3.05, 3.63) is 101 Å². The second-order valence-corrected chi connectivity index (χ2v) is 9.15. The Hall–Kier alpha value is -3.31. The first-order valence-corrected chi connectivity index (χ1v) is 12.4. The van der Waals surface area contributed by atoms with Crippen LogP contribution in [0.25, 0.3) is 0 Å². The molecule has 0 aliphatic heterocycles. The van der Waals surface area contributed by atoms with Gasteiger partial charge in [-0.2, -0.15) is 0 Å². The molecule has 5 nitrogen and oxygen atoms in total. The average molecular weight is 493 g/mol. The molecule has 0 aromatic heterocycles. The first-order valence-electron chi connectivity index (χ1n) is 12.0. The molecule has 0 aliphatic rings. The van der Waals surface area contributed by atoms with Crippen LogP contribution in [0, 0.1) is 0 Å². The van der Waals surface area contributed by atoms with Gasteiger partial charge in [0.2, 0.25) is 11.8 Å². The second kappa shape index (κ2) is 13.5. The minimum absolute atomic E-state index is 0.0442. The van der Waals surface area contributed by atoms with Gasteiger partial charge in [0.15, 0.2) is 0 Å². The molecule has 6 heteroatoms. The van der Waals surface area contributed by atoms with Gasteiger partial charge in [-0.25, -0.2) is 0 Å². The summed E-state index contributed by atoms with van der Waals surface area (Å²) in [7, 11) is 0. The van der Waals surface area contributed by atoms with Crippen LogP contribution in [-0.2, 0) is 22.6 Å². The fourth-order valence-corrected chi connectivity index (χ4v) is 4.01. The molecule has 0 fully saturated rings. The third-order valence-electron chi connectivity index (χ3n) is 5.55. The van der Waals surface area contributed by atoms with E-state index >= 15 is 0 Å². The van der Waals surface area contributed by atoms with Crippen LogP contribution in [0.2, 0.25) is 5.02 Å². The van der Waals surface area contributed by atoms with E-state index in [4.69, 9.17) is 16.3 Å². The lowest BCUT2D eigenvalue weighted by molar-refractivity contribution is -0.141. The third-order valence-corrected chi connectivity index (χ3v) is 5.92. The van der Waals surface area contributed by atoms with Crippen molar-refractivity contribution >= 4 is 23.4 Å². The minimum atomic E-state index is -0.668. The van der Waals surface area contributed by atoms with Gasteiger partial charge in [-0.1, -0.05) is 78.3 Å². The van der Waals surface area contributed by atoms with Gasteiger partial charge in [-0.15, -0.1) is 0 Å². The monoisotopic (exact) mass is 492 g/mol. The highest BCUT2D eigenvalue weighted by Crippen LogP contribution is 2.21. The Morgan fingerprint density at radius 2 is 1.54 bits per heavy atom. The zero-order valence-electron chi connectivity index (χ0n) is 20.3. The number of carbonyl (C=O) groups excluding carboxylic acids is 2. The third kappa shape index (κ3) is 8.45. The summed E-state index contributed by atoms with van der Waals surface area (Å²) in [5, 5.41) is 3.57. The maximum Gasteiger partial charge on any atom is 0.243 e. The van der Waals surface area contributed by atoms with Crippen molar-refractivity contribution in [1.29, 1.82) is 0 Å². The van der Waals surface area contributed by atoms with E-state index in [1.54, 1.807) is 11.0 Å². The molecule has 0 aliphatic carbocycles. The summed E-state index contributed by atoms with van der Waals surface area (Å²) in [6, 6.07) is 26.0. The molecule has 2 amide bonds. The molecule has 0 radical (unpaired) electrons. The topological polar surface area (TPSA) is 58.6 Å². The van der Waals surface area contributed by atoms with Gasteiger partial charge in [0.25, 0.3) is 0 Å². The number of rotatable bonds is 12. The molecule has 0 saturated heterocycles. The van der Waals surface area contributed by atoms with Crippen LogP contribution in [0.1, 0.15) is 37.8 Å². The van der Waals surface area contributed by atoms with Crippen molar-refractivity contribution < 1.29 is 14.3 Å². The number of benzene rings is 3. The molecule has 184 valence electrons. The van der Waals surface area contributed by atoms with Crippen LogP contribution in [0.5, 0.6) is 5.75 Å². The first-order chi connectivity index (χ1) is 16.9. The fourth-order valence-electron chi connectivity index (χ4n) is 3.82. The zero-order valence-corrected chi connectivity index (χ0v) is 21.1. The Morgan fingerprint density at radius 1 is 0.914 bits per heavy atom. The molecular formula is C29H33ClN2O3. The highest BCUT2D eigenvalue weighted by Gasteiger charge is 2.30. The lowest BCUT2D eigenvalue weighted by Crippen LogP contribution is -2.51. The fraction of sp³-hybridized carbons (Fsp3) is 0.310. The smallest absolute Gasteiger partial charge is 0.243 e. The molecule has 0 bridgehead atoms. The molecule has 35 heavy (non-hydrogen) atoms. The minimum Gasteiger partial charge on any atom is -0.494 e. The number of nitrogens with one attached hydrogen (secondary N) is 1. The number of para-hydroxylation sites is 1. The molecule has 0 heterocycles. The molecule has 3 aromatic rings. The highest BCUT2D eigenvalue weighted by atomic mass is 35.5. The average Bonchev–Trinajstić information content (AvgIpc) is 2.85. The lowest BCUT2D eigenvalue weighted by Gasteiger charge is -2.32. The Morgan fingerprint density at radius 3 is 2.20 bits per heavy atom. The number of hydrogen-bond donors (Lipinski definition) is 1. The number of nitrogens with zero attached hydrogens (tertiary/aromatic N) is 1. The predicted octanol–water partition coefficient (Wildman–Crippen LogP) is 5.66. The number of carbonyl (C=O) groups is 2. The zero-order chi connectivity index (χ0) is 25.0. The molecule has 3 aromatic carbocycles. The Kier molecular flexibility index (Phi) is 10.2. The number of hydrogen-bond acceptors (Lipinski definition) is 3. The Balaban J connectivity index is 1.80. The van der Waals surface area contributed by atoms with Crippen molar-refractivity contribution in [2.75, 3.05) is 6.61 Å². The quantitative estimate of drug-likeness (QED) is 0.332. The maximum absolute atomic E-state index is 13.5. The molecule has 0 unspecified atom stereocenters. The van der Waals surface area contributed by atoms with Crippen LogP contribution in [0.4, 0.5) is 0 Å². The summed E-state index contributed by atoms with van der Waals surface area (Å²) in [4.78, 5) is 28.5. The first kappa shape index (κ1) is 26.3. The van der Waals surface area contributed by atoms with E-state index < -0.39 is 6.04 Å². The largest absolute Gasteiger partial charge is 0.494 e. The van der Waals surface area contributed by atoms with E-state index in [0.717, 1.165) is 16.9 Å². The van der Waals surface area contributed by atoms with Gasteiger partial charge in [0.1, 0.15) is 11.8 Å². The maximum atomic E-state index is 13.5. The van der Waals surface area contributed by atoms with E-state index in [1.165, 1.54) is 0 Å². The number of amides is 2. The second-order valence-electron chi connectivity index (χ2n) is 8.75. The standard InChI is InChI=1S/C29H33ClN2O3/c1-22(2)31-29(34)27(20-23-12-5-3-6-13-23)32(21-24-14-9-10-17-26(24)30)28(33)18-11-19-35-25-15-7-4-8-16-25/h3-10,12-17,22,27H,11,18-21H2,1-2H3,(H,31,34)/t27-/m0/s1. The van der Waals surface area contributed by atoms with E-state index in [1.807, 2.05) is 92.7 Å². The lowest BCUT2D eigenvalue weighted by atomic mass is 10.0. The van der Waals surface area contributed by atoms with Gasteiger partial charge in [-0.3, -0.25) is 9.59 Å². The van der Waals surface area contributed by atoms with Gasteiger partial charge in [-0.05, 0) is 49.6 Å². The predicted molar refractivity (Wildman–Crippen MR) is 140 cm³/mol. The van der Waals surface area contributed by atoms with Crippen LogP contribution in [0.15, 0.2) is 84.9 Å². The van der Waals surface area contributed by atoms with Crippen molar-refractivity contribution in [2.24, 2.45) is 0 Å². The van der Waals surface area contributed by atoms with Gasteiger partial charge in [0.05, 0.1) is 6.61 Å². The normalized spacial score (nSPS) is 11.7. The van der Waals surface area contributed by atoms with Crippen molar-refractivity contribution in [3.8, 4) is 5.75 Å². The van der Waals surface area contributed by atoms with Crippen LogP contribution >= 0.6 is 11.6 Å². The summed E-state index contributed by atoms with van der Waals surface area (Å²) >= 11 is 6.44. The summed E-state index contributed by atoms with van der Waals surface area (Å²) in [6.07, 6.45) is 1.21. The Bertz CT molecular complexity index is 1070. The van der Waals surface area contributed by atoms with E-state index in [2.05, 4.69) is 5.32 Å². The SMILES string of the molecule is CC(C)NC(=O)[C@H](Cc1ccccc1)N(Cc1ccccc1Cl)C(=O)CCCOc1ccccc1. The molecule has 0 spiro atoms. The molecule has 0 saturated carbocycles. The summed E-state index contributed by atoms with van der Waals surface area (Å²) in [5.74, 6) is 0.484. The van der Waals surface area contributed by atoms with Crippen LogP contribution < -0.4 is 10.1 Å². The molecular weight excluding hydrogens is 460 g/mol. The molecule has 1 N–H and O–H groups in total. The van der Waals surface area contributed by atoms with Crippen molar-refractivity contribution in [1.82, 2.24) is 10.2 Å². The number of halogens is 1. The van der Waals surface area contributed by atoms with E-state index in [0.29, 0.717) is 24.5 Å². The Labute approximate surface area is 213 Å². The summed E-state index contributed by atoms with van der Waals surface area (Å²) in [6.45, 7) is 4.50. The van der Waals surface area contributed by atoms with Gasteiger partial charge < -0.3 is 15.0 Å². The van der Waals surface area contributed by atoms with Crippen molar-refractivity contribution in [2.45, 2.75) is 51.7 Å².